The Morgan fingerprint density at radius 1 is 1.17 bits per heavy atom. The molecule has 0 aromatic carbocycles. The zero-order valence-electron chi connectivity index (χ0n) is 13.5. The molecule has 24 heavy (non-hydrogen) atoms. The topological polar surface area (TPSA) is 30.3 Å². The smallest absolute Gasteiger partial charge is 0.0885 e. The molecule has 3 aromatic rings. The van der Waals surface area contributed by atoms with Crippen LogP contribution in [0.15, 0.2) is 60.4 Å². The van der Waals surface area contributed by atoms with E-state index in [1.54, 1.807) is 6.20 Å². The van der Waals surface area contributed by atoms with E-state index in [2.05, 4.69) is 56.4 Å². The molecule has 4 heterocycles. The predicted molar refractivity (Wildman–Crippen MR) is 95.7 cm³/mol. The Labute approximate surface area is 146 Å². The molecule has 0 aliphatic carbocycles. The van der Waals surface area contributed by atoms with Gasteiger partial charge in [0.15, 0.2) is 0 Å². The maximum atomic E-state index is 6.23. The number of ether oxygens (including phenoxy) is 1. The predicted octanol–water partition coefficient (Wildman–Crippen LogP) is 3.55. The van der Waals surface area contributed by atoms with Crippen molar-refractivity contribution in [2.45, 2.75) is 32.3 Å². The number of rotatable bonds is 5. The van der Waals surface area contributed by atoms with Crippen LogP contribution in [0, 0.1) is 0 Å². The van der Waals surface area contributed by atoms with Crippen LogP contribution in [0.5, 0.6) is 0 Å². The summed E-state index contributed by atoms with van der Waals surface area (Å²) in [7, 11) is 0. The van der Waals surface area contributed by atoms with E-state index in [1.165, 1.54) is 10.6 Å². The summed E-state index contributed by atoms with van der Waals surface area (Å²) < 4.78 is 8.55. The van der Waals surface area contributed by atoms with Crippen LogP contribution in [0.4, 0.5) is 0 Å². The van der Waals surface area contributed by atoms with E-state index in [0.29, 0.717) is 6.61 Å². The first-order valence-electron chi connectivity index (χ1n) is 8.26. The number of thiophene rings is 1. The van der Waals surface area contributed by atoms with E-state index < -0.39 is 0 Å². The fourth-order valence-electron chi connectivity index (χ4n) is 3.18. The molecule has 0 saturated heterocycles. The van der Waals surface area contributed by atoms with Gasteiger partial charge >= 0.3 is 0 Å². The lowest BCUT2D eigenvalue weighted by Gasteiger charge is -2.23. The summed E-state index contributed by atoms with van der Waals surface area (Å²) in [6.45, 7) is 4.42. The van der Waals surface area contributed by atoms with Crippen LogP contribution in [0.1, 0.15) is 16.1 Å². The molecule has 1 atom stereocenters. The molecular formula is C19H21N3OS. The number of pyridine rings is 1. The highest BCUT2D eigenvalue weighted by Crippen LogP contribution is 2.20. The van der Waals surface area contributed by atoms with Crippen molar-refractivity contribution in [2.24, 2.45) is 0 Å². The summed E-state index contributed by atoms with van der Waals surface area (Å²) in [4.78, 5) is 8.05. The van der Waals surface area contributed by atoms with E-state index >= 15 is 0 Å². The highest BCUT2D eigenvalue weighted by molar-refractivity contribution is 7.09. The fraction of sp³-hybridized carbons (Fsp3) is 0.316. The lowest BCUT2D eigenvalue weighted by molar-refractivity contribution is 0.00875. The normalized spacial score (nSPS) is 18.2. The molecule has 5 heteroatoms. The number of hydrogen-bond donors (Lipinski definition) is 0. The third kappa shape index (κ3) is 3.75. The minimum Gasteiger partial charge on any atom is -0.370 e. The first-order chi connectivity index (χ1) is 11.9. The number of hydrogen-bond acceptors (Lipinski definition) is 4. The van der Waals surface area contributed by atoms with Gasteiger partial charge in [0.05, 0.1) is 12.7 Å². The molecule has 0 saturated carbocycles. The number of fused-ring (bicyclic) bond motifs is 1. The molecule has 0 N–H and O–H groups in total. The van der Waals surface area contributed by atoms with Crippen LogP contribution in [0.3, 0.4) is 0 Å². The Bertz CT molecular complexity index is 754. The SMILES string of the molecule is c1cncc(CO[C@H]2CN(Cc3cccs3)Cc3cccn3C2)c1. The van der Waals surface area contributed by atoms with E-state index in [0.717, 1.165) is 31.7 Å². The summed E-state index contributed by atoms with van der Waals surface area (Å²) >= 11 is 1.82. The average Bonchev–Trinajstić information content (AvgIpc) is 3.23. The van der Waals surface area contributed by atoms with Crippen LogP contribution in [-0.4, -0.2) is 27.1 Å². The van der Waals surface area contributed by atoms with E-state index in [4.69, 9.17) is 4.74 Å². The minimum absolute atomic E-state index is 0.179. The second-order valence-corrected chi connectivity index (χ2v) is 7.23. The Hall–Kier alpha value is -1.95. The van der Waals surface area contributed by atoms with Gasteiger partial charge in [-0.25, -0.2) is 0 Å². The highest BCUT2D eigenvalue weighted by Gasteiger charge is 2.22. The lowest BCUT2D eigenvalue weighted by atomic mass is 10.3. The van der Waals surface area contributed by atoms with Crippen LogP contribution < -0.4 is 0 Å². The molecule has 1 aliphatic heterocycles. The van der Waals surface area contributed by atoms with Crippen LogP contribution in [0.25, 0.3) is 0 Å². The monoisotopic (exact) mass is 339 g/mol. The molecule has 4 rings (SSSR count). The average molecular weight is 339 g/mol. The summed E-state index contributed by atoms with van der Waals surface area (Å²) in [5, 5.41) is 2.15. The van der Waals surface area contributed by atoms with E-state index in [9.17, 15) is 0 Å². The maximum Gasteiger partial charge on any atom is 0.0885 e. The third-order valence-electron chi connectivity index (χ3n) is 4.34. The van der Waals surface area contributed by atoms with Gasteiger partial charge in [-0.3, -0.25) is 9.88 Å². The van der Waals surface area contributed by atoms with Crippen molar-refractivity contribution in [2.75, 3.05) is 6.54 Å². The fourth-order valence-corrected chi connectivity index (χ4v) is 3.92. The van der Waals surface area contributed by atoms with Gasteiger partial charge in [-0.1, -0.05) is 12.1 Å². The molecule has 124 valence electrons. The molecule has 0 unspecified atom stereocenters. The molecule has 1 aliphatic rings. The highest BCUT2D eigenvalue weighted by atomic mass is 32.1. The maximum absolute atomic E-state index is 6.23. The molecular weight excluding hydrogens is 318 g/mol. The van der Waals surface area contributed by atoms with Crippen molar-refractivity contribution < 1.29 is 4.74 Å². The van der Waals surface area contributed by atoms with Gasteiger partial charge in [0.1, 0.15) is 0 Å². The summed E-state index contributed by atoms with van der Waals surface area (Å²) in [5.74, 6) is 0. The van der Waals surface area contributed by atoms with Crippen molar-refractivity contribution >= 4 is 11.3 Å². The van der Waals surface area contributed by atoms with Crippen molar-refractivity contribution in [1.29, 1.82) is 0 Å². The molecule has 0 radical (unpaired) electrons. The molecule has 3 aromatic heterocycles. The Morgan fingerprint density at radius 3 is 3.00 bits per heavy atom. The van der Waals surface area contributed by atoms with Gasteiger partial charge in [0.25, 0.3) is 0 Å². The standard InChI is InChI=1S/C19H21N3OS/c1-4-16(10-20-7-1)15-23-18-12-21(14-19-6-3-9-24-19)11-17-5-2-8-22(17)13-18/h1-10,18H,11-15H2/t18-/m0/s1. The van der Waals surface area contributed by atoms with E-state index in [-0.39, 0.29) is 6.10 Å². The summed E-state index contributed by atoms with van der Waals surface area (Å²) in [6, 6.07) is 12.7. The second-order valence-electron chi connectivity index (χ2n) is 6.20. The van der Waals surface area contributed by atoms with Crippen molar-refractivity contribution in [1.82, 2.24) is 14.5 Å². The lowest BCUT2D eigenvalue weighted by Crippen LogP contribution is -2.32. The zero-order valence-corrected chi connectivity index (χ0v) is 14.4. The van der Waals surface area contributed by atoms with E-state index in [1.807, 2.05) is 23.6 Å². The van der Waals surface area contributed by atoms with Crippen LogP contribution in [-0.2, 0) is 31.0 Å². The second kappa shape index (κ2) is 7.30. The van der Waals surface area contributed by atoms with Gasteiger partial charge in [-0.05, 0) is 35.2 Å². The Morgan fingerprint density at radius 2 is 2.17 bits per heavy atom. The number of aromatic nitrogens is 2. The van der Waals surface area contributed by atoms with Gasteiger partial charge in [-0.2, -0.15) is 0 Å². The minimum atomic E-state index is 0.179. The molecule has 4 nitrogen and oxygen atoms in total. The van der Waals surface area contributed by atoms with Crippen LogP contribution >= 0.6 is 11.3 Å². The largest absolute Gasteiger partial charge is 0.370 e. The molecule has 0 amide bonds. The summed E-state index contributed by atoms with van der Waals surface area (Å²) in [6.07, 6.45) is 6.01. The van der Waals surface area contributed by atoms with Crippen molar-refractivity contribution in [3.8, 4) is 0 Å². The Balaban J connectivity index is 1.46. The first kappa shape index (κ1) is 15.6. The Kier molecular flexibility index (Phi) is 4.74. The summed E-state index contributed by atoms with van der Waals surface area (Å²) in [5.41, 5.74) is 2.48. The van der Waals surface area contributed by atoms with Gasteiger partial charge < -0.3 is 9.30 Å². The van der Waals surface area contributed by atoms with Gasteiger partial charge in [-0.15, -0.1) is 11.3 Å². The van der Waals surface area contributed by atoms with Gasteiger partial charge in [0.2, 0.25) is 0 Å². The van der Waals surface area contributed by atoms with Gasteiger partial charge in [0, 0.05) is 55.3 Å². The third-order valence-corrected chi connectivity index (χ3v) is 5.20. The first-order valence-corrected chi connectivity index (χ1v) is 9.14. The van der Waals surface area contributed by atoms with Crippen LogP contribution in [0.2, 0.25) is 0 Å². The zero-order chi connectivity index (χ0) is 16.2. The van der Waals surface area contributed by atoms with Crippen molar-refractivity contribution in [3.05, 3.63) is 76.5 Å². The van der Waals surface area contributed by atoms with Crippen molar-refractivity contribution in [3.63, 3.8) is 0 Å². The molecule has 0 spiro atoms. The number of nitrogens with zero attached hydrogens (tertiary/aromatic N) is 3. The molecule has 0 bridgehead atoms. The quantitative estimate of drug-likeness (QED) is 0.712. The molecule has 0 fully saturated rings.